The normalized spacial score (nSPS) is 11.4. The third-order valence-corrected chi connectivity index (χ3v) is 3.23. The van der Waals surface area contributed by atoms with Gasteiger partial charge in [0.1, 0.15) is 0 Å². The van der Waals surface area contributed by atoms with Crippen molar-refractivity contribution in [3.05, 3.63) is 63.9 Å². The molecule has 2 nitrogen and oxygen atoms in total. The monoisotopic (exact) mass is 343 g/mol. The van der Waals surface area contributed by atoms with Crippen molar-refractivity contribution in [3.8, 4) is 0 Å². The summed E-state index contributed by atoms with van der Waals surface area (Å²) in [6, 6.07) is 7.65. The fraction of sp³-hybridized carbons (Fsp3) is 0.143. The molecular weight excluding hydrogens is 335 g/mol. The van der Waals surface area contributed by atoms with Crippen molar-refractivity contribution in [1.82, 2.24) is 4.98 Å². The Morgan fingerprint density at radius 2 is 1.80 bits per heavy atom. The number of carbonyl (C=O) groups is 1. The first-order valence-corrected chi connectivity index (χ1v) is 6.46. The summed E-state index contributed by atoms with van der Waals surface area (Å²) in [5.74, 6) is -0.604. The standard InChI is InChI=1S/C14H9BrF3NO/c15-10-3-1-9(2-4-10)7-13(20)11-8-19-6-5-12(11)14(16,17)18/h1-6,8H,7H2. The Bertz CT molecular complexity index is 623. The van der Waals surface area contributed by atoms with Gasteiger partial charge in [0.15, 0.2) is 5.78 Å². The van der Waals surface area contributed by atoms with E-state index in [1.165, 1.54) is 0 Å². The number of rotatable bonds is 3. The minimum Gasteiger partial charge on any atom is -0.294 e. The van der Waals surface area contributed by atoms with E-state index in [0.29, 0.717) is 5.56 Å². The Kier molecular flexibility index (Phi) is 4.23. The largest absolute Gasteiger partial charge is 0.417 e. The number of pyridine rings is 1. The summed E-state index contributed by atoms with van der Waals surface area (Å²) in [5.41, 5.74) is -0.701. The molecule has 6 heteroatoms. The van der Waals surface area contributed by atoms with Gasteiger partial charge in [0.25, 0.3) is 0 Å². The molecule has 0 saturated heterocycles. The molecule has 0 aliphatic heterocycles. The first-order valence-electron chi connectivity index (χ1n) is 5.67. The molecule has 0 amide bonds. The van der Waals surface area contributed by atoms with E-state index in [9.17, 15) is 18.0 Å². The molecule has 0 bridgehead atoms. The van der Waals surface area contributed by atoms with Crippen LogP contribution < -0.4 is 0 Å². The minimum absolute atomic E-state index is 0.0952. The molecule has 0 atom stereocenters. The van der Waals surface area contributed by atoms with Gasteiger partial charge in [0.05, 0.1) is 5.56 Å². The number of halogens is 4. The summed E-state index contributed by atoms with van der Waals surface area (Å²) in [7, 11) is 0. The van der Waals surface area contributed by atoms with Crippen molar-refractivity contribution in [2.24, 2.45) is 0 Å². The van der Waals surface area contributed by atoms with E-state index in [1.54, 1.807) is 24.3 Å². The number of carbonyl (C=O) groups excluding carboxylic acids is 1. The number of alkyl halides is 3. The van der Waals surface area contributed by atoms with Crippen molar-refractivity contribution in [2.45, 2.75) is 12.6 Å². The molecule has 0 radical (unpaired) electrons. The van der Waals surface area contributed by atoms with Crippen LogP contribution in [0.5, 0.6) is 0 Å². The zero-order valence-electron chi connectivity index (χ0n) is 10.1. The van der Waals surface area contributed by atoms with E-state index in [1.807, 2.05) is 0 Å². The fourth-order valence-corrected chi connectivity index (χ4v) is 2.01. The molecule has 0 fully saturated rings. The lowest BCUT2D eigenvalue weighted by molar-refractivity contribution is -0.138. The Morgan fingerprint density at radius 1 is 1.15 bits per heavy atom. The molecule has 1 aromatic heterocycles. The average Bonchev–Trinajstić information content (AvgIpc) is 2.40. The van der Waals surface area contributed by atoms with Gasteiger partial charge in [-0.05, 0) is 23.8 Å². The van der Waals surface area contributed by atoms with Gasteiger partial charge in [-0.3, -0.25) is 9.78 Å². The summed E-state index contributed by atoms with van der Waals surface area (Å²) in [5, 5.41) is 0. The van der Waals surface area contributed by atoms with Crippen LogP contribution in [0.2, 0.25) is 0 Å². The quantitative estimate of drug-likeness (QED) is 0.778. The predicted octanol–water partition coefficient (Wildman–Crippen LogP) is 4.29. The zero-order valence-corrected chi connectivity index (χ0v) is 11.7. The first-order chi connectivity index (χ1) is 9.38. The highest BCUT2D eigenvalue weighted by Gasteiger charge is 2.34. The van der Waals surface area contributed by atoms with Crippen LogP contribution in [0.1, 0.15) is 21.5 Å². The van der Waals surface area contributed by atoms with Crippen LogP contribution in [-0.4, -0.2) is 10.8 Å². The lowest BCUT2D eigenvalue weighted by atomic mass is 10.0. The van der Waals surface area contributed by atoms with Gasteiger partial charge in [-0.2, -0.15) is 13.2 Å². The molecular formula is C14H9BrF3NO. The molecule has 0 saturated carbocycles. The Labute approximate surface area is 121 Å². The van der Waals surface area contributed by atoms with Crippen LogP contribution in [0, 0.1) is 0 Å². The molecule has 0 aliphatic carbocycles. The summed E-state index contributed by atoms with van der Waals surface area (Å²) in [6.07, 6.45) is -2.67. The highest BCUT2D eigenvalue weighted by Crippen LogP contribution is 2.32. The summed E-state index contributed by atoms with van der Waals surface area (Å²) in [4.78, 5) is 15.6. The summed E-state index contributed by atoms with van der Waals surface area (Å²) < 4.78 is 39.3. The highest BCUT2D eigenvalue weighted by molar-refractivity contribution is 9.10. The van der Waals surface area contributed by atoms with Crippen molar-refractivity contribution in [1.29, 1.82) is 0 Å². The predicted molar refractivity (Wildman–Crippen MR) is 71.4 cm³/mol. The third-order valence-electron chi connectivity index (χ3n) is 2.70. The van der Waals surface area contributed by atoms with E-state index < -0.39 is 23.1 Å². The van der Waals surface area contributed by atoms with Gasteiger partial charge in [0.2, 0.25) is 0 Å². The van der Waals surface area contributed by atoms with Crippen LogP contribution in [0.15, 0.2) is 47.2 Å². The molecule has 20 heavy (non-hydrogen) atoms. The van der Waals surface area contributed by atoms with E-state index >= 15 is 0 Å². The van der Waals surface area contributed by atoms with Crippen molar-refractivity contribution in [3.63, 3.8) is 0 Å². The maximum absolute atomic E-state index is 12.8. The topological polar surface area (TPSA) is 30.0 Å². The Hall–Kier alpha value is -1.69. The second kappa shape index (κ2) is 5.75. The molecule has 0 aliphatic rings. The first kappa shape index (κ1) is 14.7. The van der Waals surface area contributed by atoms with Gasteiger partial charge in [-0.1, -0.05) is 28.1 Å². The molecule has 1 aromatic carbocycles. The van der Waals surface area contributed by atoms with E-state index in [2.05, 4.69) is 20.9 Å². The fourth-order valence-electron chi connectivity index (χ4n) is 1.75. The number of aromatic nitrogens is 1. The van der Waals surface area contributed by atoms with Gasteiger partial charge < -0.3 is 0 Å². The molecule has 2 rings (SSSR count). The summed E-state index contributed by atoms with van der Waals surface area (Å²) >= 11 is 3.25. The molecule has 0 N–H and O–H groups in total. The molecule has 104 valence electrons. The lowest BCUT2D eigenvalue weighted by Crippen LogP contribution is -2.15. The molecule has 0 spiro atoms. The van der Waals surface area contributed by atoms with Crippen molar-refractivity contribution >= 4 is 21.7 Å². The number of hydrogen-bond donors (Lipinski definition) is 0. The molecule has 2 aromatic rings. The third kappa shape index (κ3) is 3.45. The summed E-state index contributed by atoms with van der Waals surface area (Å²) in [6.45, 7) is 0. The van der Waals surface area contributed by atoms with Gasteiger partial charge in [-0.15, -0.1) is 0 Å². The maximum atomic E-state index is 12.8. The highest BCUT2D eigenvalue weighted by atomic mass is 79.9. The number of nitrogens with zero attached hydrogens (tertiary/aromatic N) is 1. The maximum Gasteiger partial charge on any atom is 0.417 e. The molecule has 1 heterocycles. The van der Waals surface area contributed by atoms with Crippen LogP contribution in [0.25, 0.3) is 0 Å². The number of benzene rings is 1. The SMILES string of the molecule is O=C(Cc1ccc(Br)cc1)c1cnccc1C(F)(F)F. The zero-order chi connectivity index (χ0) is 14.8. The van der Waals surface area contributed by atoms with Crippen LogP contribution in [-0.2, 0) is 12.6 Å². The second-order valence-electron chi connectivity index (χ2n) is 4.15. The van der Waals surface area contributed by atoms with E-state index in [-0.39, 0.29) is 6.42 Å². The van der Waals surface area contributed by atoms with Gasteiger partial charge >= 0.3 is 6.18 Å². The van der Waals surface area contributed by atoms with Crippen LogP contribution >= 0.6 is 15.9 Å². The average molecular weight is 344 g/mol. The Morgan fingerprint density at radius 3 is 2.40 bits per heavy atom. The van der Waals surface area contributed by atoms with E-state index in [4.69, 9.17) is 0 Å². The van der Waals surface area contributed by atoms with Crippen LogP contribution in [0.4, 0.5) is 13.2 Å². The van der Waals surface area contributed by atoms with Crippen molar-refractivity contribution in [2.75, 3.05) is 0 Å². The van der Waals surface area contributed by atoms with Gasteiger partial charge in [0, 0.05) is 28.9 Å². The van der Waals surface area contributed by atoms with Gasteiger partial charge in [-0.25, -0.2) is 0 Å². The Balaban J connectivity index is 2.28. The van der Waals surface area contributed by atoms with Crippen molar-refractivity contribution < 1.29 is 18.0 Å². The van der Waals surface area contributed by atoms with E-state index in [0.717, 1.165) is 22.9 Å². The smallest absolute Gasteiger partial charge is 0.294 e. The number of hydrogen-bond acceptors (Lipinski definition) is 2. The second-order valence-corrected chi connectivity index (χ2v) is 5.06. The lowest BCUT2D eigenvalue weighted by Gasteiger charge is -2.11. The number of ketones is 1. The van der Waals surface area contributed by atoms with Crippen LogP contribution in [0.3, 0.4) is 0 Å². The number of Topliss-reactive ketones (excluding diaryl/α,β-unsaturated/α-hetero) is 1. The minimum atomic E-state index is -4.56. The molecule has 0 unspecified atom stereocenters.